The molecule has 0 bridgehead atoms. The zero-order chi connectivity index (χ0) is 12.4. The van der Waals surface area contributed by atoms with E-state index in [0.29, 0.717) is 11.8 Å². The van der Waals surface area contributed by atoms with Gasteiger partial charge in [0.1, 0.15) is 11.8 Å². The van der Waals surface area contributed by atoms with Gasteiger partial charge >= 0.3 is 0 Å². The molecule has 3 rings (SSSR count). The van der Waals surface area contributed by atoms with Crippen LogP contribution < -0.4 is 4.90 Å². The molecule has 1 saturated heterocycles. The zero-order valence-electron chi connectivity index (χ0n) is 10.5. The van der Waals surface area contributed by atoms with Gasteiger partial charge in [-0.3, -0.25) is 0 Å². The molecule has 18 heavy (non-hydrogen) atoms. The minimum atomic E-state index is 0.317. The van der Waals surface area contributed by atoms with Crippen LogP contribution in [-0.2, 0) is 4.74 Å². The topological polar surface area (TPSA) is 66.9 Å². The highest BCUT2D eigenvalue weighted by atomic mass is 16.5. The van der Waals surface area contributed by atoms with E-state index in [0.717, 1.165) is 43.9 Å². The van der Waals surface area contributed by atoms with Crippen molar-refractivity contribution in [3.05, 3.63) is 12.7 Å². The Hall–Kier alpha value is -1.69. The lowest BCUT2D eigenvalue weighted by Gasteiger charge is -2.24. The minimum absolute atomic E-state index is 0.317. The molecule has 0 aliphatic carbocycles. The van der Waals surface area contributed by atoms with Gasteiger partial charge in [0, 0.05) is 19.7 Å². The van der Waals surface area contributed by atoms with Crippen molar-refractivity contribution >= 4 is 17.0 Å². The van der Waals surface area contributed by atoms with Crippen molar-refractivity contribution in [2.45, 2.75) is 25.9 Å². The molecule has 0 radical (unpaired) electrons. The van der Waals surface area contributed by atoms with Crippen molar-refractivity contribution in [3.63, 3.8) is 0 Å². The SMILES string of the molecule is CCN(CC1CCCO1)c1ncnc2nc[nH]c12. The van der Waals surface area contributed by atoms with Crippen molar-refractivity contribution in [1.29, 1.82) is 0 Å². The number of anilines is 1. The molecule has 3 heterocycles. The van der Waals surface area contributed by atoms with Crippen LogP contribution in [0.1, 0.15) is 19.8 Å². The smallest absolute Gasteiger partial charge is 0.182 e. The fourth-order valence-electron chi connectivity index (χ4n) is 2.39. The Labute approximate surface area is 105 Å². The quantitative estimate of drug-likeness (QED) is 0.883. The molecule has 0 aromatic carbocycles. The van der Waals surface area contributed by atoms with Crippen molar-refractivity contribution in [2.24, 2.45) is 0 Å². The second-order valence-corrected chi connectivity index (χ2v) is 4.47. The number of H-pyrrole nitrogens is 1. The maximum atomic E-state index is 5.69. The molecular formula is C12H17N5O. The maximum Gasteiger partial charge on any atom is 0.182 e. The van der Waals surface area contributed by atoms with E-state index in [9.17, 15) is 0 Å². The number of nitrogens with zero attached hydrogens (tertiary/aromatic N) is 4. The molecular weight excluding hydrogens is 230 g/mol. The second kappa shape index (κ2) is 4.89. The monoisotopic (exact) mass is 247 g/mol. The normalized spacial score (nSPS) is 19.5. The number of aromatic amines is 1. The van der Waals surface area contributed by atoms with Crippen LogP contribution in [0.4, 0.5) is 5.82 Å². The third-order valence-corrected chi connectivity index (χ3v) is 3.33. The summed E-state index contributed by atoms with van der Waals surface area (Å²) in [5.41, 5.74) is 1.61. The summed E-state index contributed by atoms with van der Waals surface area (Å²) in [5, 5.41) is 0. The summed E-state index contributed by atoms with van der Waals surface area (Å²) in [6.45, 7) is 4.78. The molecule has 0 amide bonds. The van der Waals surface area contributed by atoms with Gasteiger partial charge in [-0.2, -0.15) is 0 Å². The lowest BCUT2D eigenvalue weighted by Crippen LogP contribution is -2.32. The van der Waals surface area contributed by atoms with E-state index < -0.39 is 0 Å². The molecule has 1 atom stereocenters. The Morgan fingerprint density at radius 1 is 1.44 bits per heavy atom. The lowest BCUT2D eigenvalue weighted by molar-refractivity contribution is 0.115. The summed E-state index contributed by atoms with van der Waals surface area (Å²) in [6.07, 6.45) is 5.83. The second-order valence-electron chi connectivity index (χ2n) is 4.47. The Bertz CT molecular complexity index is 520. The Morgan fingerprint density at radius 3 is 3.17 bits per heavy atom. The zero-order valence-corrected chi connectivity index (χ0v) is 10.5. The summed E-state index contributed by atoms with van der Waals surface area (Å²) < 4.78 is 5.69. The molecule has 2 aromatic rings. The van der Waals surface area contributed by atoms with E-state index in [4.69, 9.17) is 4.74 Å². The van der Waals surface area contributed by atoms with Crippen LogP contribution >= 0.6 is 0 Å². The van der Waals surface area contributed by atoms with Crippen molar-refractivity contribution < 1.29 is 4.74 Å². The number of aromatic nitrogens is 4. The van der Waals surface area contributed by atoms with Crippen LogP contribution in [0, 0.1) is 0 Å². The standard InChI is InChI=1S/C12H17N5O/c1-2-17(6-9-4-3-5-18-9)12-10-11(14-7-13-10)15-8-16-12/h7-9H,2-6H2,1H3,(H,13,14,15,16). The summed E-state index contributed by atoms with van der Waals surface area (Å²) in [7, 11) is 0. The third-order valence-electron chi connectivity index (χ3n) is 3.33. The van der Waals surface area contributed by atoms with Gasteiger partial charge in [0.05, 0.1) is 12.4 Å². The number of imidazole rings is 1. The van der Waals surface area contributed by atoms with E-state index in [1.165, 1.54) is 0 Å². The van der Waals surface area contributed by atoms with Crippen LogP contribution in [-0.4, -0.2) is 45.7 Å². The summed E-state index contributed by atoms with van der Waals surface area (Å²) in [5.74, 6) is 0.913. The molecule has 2 aromatic heterocycles. The molecule has 6 nitrogen and oxygen atoms in total. The van der Waals surface area contributed by atoms with Crippen LogP contribution in [0.2, 0.25) is 0 Å². The predicted molar refractivity (Wildman–Crippen MR) is 68.5 cm³/mol. The van der Waals surface area contributed by atoms with E-state index in [1.807, 2.05) is 0 Å². The number of ether oxygens (including phenoxy) is 1. The fraction of sp³-hybridized carbons (Fsp3) is 0.583. The highest BCUT2D eigenvalue weighted by molar-refractivity contribution is 5.82. The molecule has 1 N–H and O–H groups in total. The average molecular weight is 247 g/mol. The van der Waals surface area contributed by atoms with E-state index in [2.05, 4.69) is 31.8 Å². The number of likely N-dealkylation sites (N-methyl/N-ethyl adjacent to an activating group) is 1. The molecule has 1 fully saturated rings. The summed E-state index contributed by atoms with van der Waals surface area (Å²) >= 11 is 0. The van der Waals surface area contributed by atoms with Gasteiger partial charge in [0.2, 0.25) is 0 Å². The van der Waals surface area contributed by atoms with Crippen molar-refractivity contribution in [3.8, 4) is 0 Å². The number of hydrogen-bond acceptors (Lipinski definition) is 5. The van der Waals surface area contributed by atoms with Crippen molar-refractivity contribution in [1.82, 2.24) is 19.9 Å². The molecule has 0 spiro atoms. The Balaban J connectivity index is 1.87. The number of hydrogen-bond donors (Lipinski definition) is 1. The first-order chi connectivity index (χ1) is 8.88. The van der Waals surface area contributed by atoms with E-state index >= 15 is 0 Å². The van der Waals surface area contributed by atoms with Crippen LogP contribution in [0.15, 0.2) is 12.7 Å². The predicted octanol–water partition coefficient (Wildman–Crippen LogP) is 1.36. The van der Waals surface area contributed by atoms with Crippen LogP contribution in [0.5, 0.6) is 0 Å². The molecule has 1 aliphatic heterocycles. The number of rotatable bonds is 4. The molecule has 1 aliphatic rings. The molecule has 96 valence electrons. The Kier molecular flexibility index (Phi) is 3.10. The van der Waals surface area contributed by atoms with Crippen LogP contribution in [0.3, 0.4) is 0 Å². The summed E-state index contributed by atoms with van der Waals surface area (Å²) in [6, 6.07) is 0. The van der Waals surface area contributed by atoms with Gasteiger partial charge in [-0.1, -0.05) is 0 Å². The van der Waals surface area contributed by atoms with Gasteiger partial charge in [-0.05, 0) is 19.8 Å². The lowest BCUT2D eigenvalue weighted by atomic mass is 10.2. The van der Waals surface area contributed by atoms with E-state index in [1.54, 1.807) is 12.7 Å². The first-order valence-corrected chi connectivity index (χ1v) is 6.39. The van der Waals surface area contributed by atoms with Gasteiger partial charge in [0.25, 0.3) is 0 Å². The highest BCUT2D eigenvalue weighted by Crippen LogP contribution is 2.22. The van der Waals surface area contributed by atoms with Gasteiger partial charge < -0.3 is 14.6 Å². The van der Waals surface area contributed by atoms with Gasteiger partial charge in [-0.15, -0.1) is 0 Å². The number of nitrogens with one attached hydrogen (secondary N) is 1. The largest absolute Gasteiger partial charge is 0.376 e. The highest BCUT2D eigenvalue weighted by Gasteiger charge is 2.21. The molecule has 0 saturated carbocycles. The fourth-order valence-corrected chi connectivity index (χ4v) is 2.39. The van der Waals surface area contributed by atoms with Gasteiger partial charge in [0.15, 0.2) is 11.5 Å². The molecule has 1 unspecified atom stereocenters. The maximum absolute atomic E-state index is 5.69. The summed E-state index contributed by atoms with van der Waals surface area (Å²) in [4.78, 5) is 18.0. The van der Waals surface area contributed by atoms with Crippen molar-refractivity contribution in [2.75, 3.05) is 24.6 Å². The number of fused-ring (bicyclic) bond motifs is 1. The first-order valence-electron chi connectivity index (χ1n) is 6.39. The average Bonchev–Trinajstić information content (AvgIpc) is 3.06. The molecule has 6 heteroatoms. The van der Waals surface area contributed by atoms with Gasteiger partial charge in [-0.25, -0.2) is 15.0 Å². The van der Waals surface area contributed by atoms with Crippen LogP contribution in [0.25, 0.3) is 11.2 Å². The third kappa shape index (κ3) is 2.03. The minimum Gasteiger partial charge on any atom is -0.376 e. The van der Waals surface area contributed by atoms with E-state index in [-0.39, 0.29) is 0 Å². The first kappa shape index (κ1) is 11.4. The Morgan fingerprint density at radius 2 is 2.39 bits per heavy atom.